The van der Waals surface area contributed by atoms with E-state index in [2.05, 4.69) is 9.97 Å². The van der Waals surface area contributed by atoms with Crippen molar-refractivity contribution in [2.45, 2.75) is 12.8 Å². The monoisotopic (exact) mass is 273 g/mol. The van der Waals surface area contributed by atoms with Gasteiger partial charge in [0, 0.05) is 37.3 Å². The van der Waals surface area contributed by atoms with Gasteiger partial charge in [-0.15, -0.1) is 0 Å². The molecule has 2 aromatic heterocycles. The van der Waals surface area contributed by atoms with Gasteiger partial charge in [0.2, 0.25) is 5.91 Å². The Balaban J connectivity index is 1.69. The molecule has 2 aromatic rings. The molecule has 0 saturated carbocycles. The zero-order chi connectivity index (χ0) is 14.1. The molecule has 1 unspecified atom stereocenters. The quantitative estimate of drug-likeness (QED) is 0.871. The second-order valence-electron chi connectivity index (χ2n) is 5.04. The van der Waals surface area contributed by atoms with E-state index in [9.17, 15) is 9.59 Å². The van der Waals surface area contributed by atoms with Crippen molar-refractivity contribution in [1.29, 1.82) is 0 Å². The standard InChI is InChI=1S/C14H15N3O3/c18-12-7-10(14(19)20)8-17(12)6-3-9-1-4-15-13-11(9)2-5-16-13/h1-2,4-5,10H,3,6-8H2,(H,15,16)(H,19,20). The first-order chi connectivity index (χ1) is 9.65. The minimum absolute atomic E-state index is 0.0724. The van der Waals surface area contributed by atoms with Gasteiger partial charge in [-0.25, -0.2) is 4.98 Å². The molecule has 2 N–H and O–H groups in total. The number of fused-ring (bicyclic) bond motifs is 1. The Morgan fingerprint density at radius 3 is 3.10 bits per heavy atom. The van der Waals surface area contributed by atoms with Crippen LogP contribution < -0.4 is 0 Å². The number of hydrogen-bond acceptors (Lipinski definition) is 3. The summed E-state index contributed by atoms with van der Waals surface area (Å²) in [6, 6.07) is 3.90. The second kappa shape index (κ2) is 4.96. The lowest BCUT2D eigenvalue weighted by Gasteiger charge is -2.16. The van der Waals surface area contributed by atoms with E-state index in [0.717, 1.165) is 16.6 Å². The van der Waals surface area contributed by atoms with Crippen LogP contribution in [0.25, 0.3) is 11.0 Å². The highest BCUT2D eigenvalue weighted by atomic mass is 16.4. The molecule has 0 spiro atoms. The number of H-pyrrole nitrogens is 1. The predicted molar refractivity (Wildman–Crippen MR) is 72.1 cm³/mol. The van der Waals surface area contributed by atoms with Gasteiger partial charge in [0.15, 0.2) is 0 Å². The van der Waals surface area contributed by atoms with Gasteiger partial charge in [-0.2, -0.15) is 0 Å². The van der Waals surface area contributed by atoms with E-state index >= 15 is 0 Å². The summed E-state index contributed by atoms with van der Waals surface area (Å²) in [6.45, 7) is 0.864. The van der Waals surface area contributed by atoms with Crippen LogP contribution in [0.2, 0.25) is 0 Å². The molecule has 3 heterocycles. The molecule has 3 rings (SSSR count). The second-order valence-corrected chi connectivity index (χ2v) is 5.04. The van der Waals surface area contributed by atoms with Crippen molar-refractivity contribution in [3.63, 3.8) is 0 Å². The number of rotatable bonds is 4. The molecule has 0 aliphatic carbocycles. The number of carboxylic acid groups (broad SMARTS) is 1. The highest BCUT2D eigenvalue weighted by molar-refractivity contribution is 5.86. The van der Waals surface area contributed by atoms with Crippen LogP contribution in [0.3, 0.4) is 0 Å². The number of carbonyl (C=O) groups excluding carboxylic acids is 1. The largest absolute Gasteiger partial charge is 0.481 e. The van der Waals surface area contributed by atoms with E-state index in [-0.39, 0.29) is 12.3 Å². The maximum atomic E-state index is 11.8. The van der Waals surface area contributed by atoms with Gasteiger partial charge in [0.05, 0.1) is 5.92 Å². The minimum atomic E-state index is -0.891. The summed E-state index contributed by atoms with van der Waals surface area (Å²) in [4.78, 5) is 31.6. The summed E-state index contributed by atoms with van der Waals surface area (Å²) >= 11 is 0. The Morgan fingerprint density at radius 1 is 1.50 bits per heavy atom. The molecule has 1 fully saturated rings. The SMILES string of the molecule is O=C(O)C1CC(=O)N(CCc2ccnc3[nH]ccc23)C1. The van der Waals surface area contributed by atoms with Gasteiger partial charge in [-0.3, -0.25) is 9.59 Å². The third-order valence-corrected chi connectivity index (χ3v) is 3.77. The smallest absolute Gasteiger partial charge is 0.308 e. The molecule has 6 heteroatoms. The minimum Gasteiger partial charge on any atom is -0.481 e. The zero-order valence-electron chi connectivity index (χ0n) is 10.9. The molecule has 104 valence electrons. The van der Waals surface area contributed by atoms with Crippen LogP contribution >= 0.6 is 0 Å². The summed E-state index contributed by atoms with van der Waals surface area (Å²) < 4.78 is 0. The summed E-state index contributed by atoms with van der Waals surface area (Å²) in [5.41, 5.74) is 1.95. The van der Waals surface area contributed by atoms with E-state index in [4.69, 9.17) is 5.11 Å². The molecule has 0 radical (unpaired) electrons. The topological polar surface area (TPSA) is 86.3 Å². The van der Waals surface area contributed by atoms with Crippen molar-refractivity contribution in [1.82, 2.24) is 14.9 Å². The Morgan fingerprint density at radius 2 is 2.35 bits per heavy atom. The molecule has 20 heavy (non-hydrogen) atoms. The maximum Gasteiger partial charge on any atom is 0.308 e. The van der Waals surface area contributed by atoms with Crippen LogP contribution in [0.5, 0.6) is 0 Å². The van der Waals surface area contributed by atoms with Gasteiger partial charge >= 0.3 is 5.97 Å². The van der Waals surface area contributed by atoms with E-state index in [1.807, 2.05) is 18.3 Å². The van der Waals surface area contributed by atoms with Crippen molar-refractivity contribution in [3.8, 4) is 0 Å². The third-order valence-electron chi connectivity index (χ3n) is 3.77. The summed E-state index contributed by atoms with van der Waals surface area (Å²) in [6.07, 6.45) is 4.39. The average Bonchev–Trinajstić information content (AvgIpc) is 3.03. The van der Waals surface area contributed by atoms with Crippen molar-refractivity contribution in [3.05, 3.63) is 30.1 Å². The number of pyridine rings is 1. The molecule has 1 aliphatic heterocycles. The number of carboxylic acids is 1. The average molecular weight is 273 g/mol. The van der Waals surface area contributed by atoms with Gasteiger partial charge in [-0.05, 0) is 24.1 Å². The number of aliphatic carboxylic acids is 1. The maximum absolute atomic E-state index is 11.8. The Hall–Kier alpha value is -2.37. The van der Waals surface area contributed by atoms with Crippen LogP contribution in [0.15, 0.2) is 24.5 Å². The third kappa shape index (κ3) is 2.24. The molecule has 1 saturated heterocycles. The van der Waals surface area contributed by atoms with Crippen molar-refractivity contribution >= 4 is 22.9 Å². The highest BCUT2D eigenvalue weighted by Gasteiger charge is 2.33. The van der Waals surface area contributed by atoms with Crippen molar-refractivity contribution < 1.29 is 14.7 Å². The van der Waals surface area contributed by atoms with Gasteiger partial charge in [0.1, 0.15) is 5.65 Å². The molecule has 0 aromatic carbocycles. The molecule has 1 amide bonds. The lowest BCUT2D eigenvalue weighted by Crippen LogP contribution is -2.28. The number of nitrogens with one attached hydrogen (secondary N) is 1. The van der Waals surface area contributed by atoms with E-state index in [1.165, 1.54) is 0 Å². The lowest BCUT2D eigenvalue weighted by atomic mass is 10.1. The molecule has 0 bridgehead atoms. The van der Waals surface area contributed by atoms with E-state index in [0.29, 0.717) is 19.5 Å². The van der Waals surface area contributed by atoms with Crippen LogP contribution in [0, 0.1) is 5.92 Å². The van der Waals surface area contributed by atoms with Gasteiger partial charge in [0.25, 0.3) is 0 Å². The summed E-state index contributed by atoms with van der Waals surface area (Å²) in [7, 11) is 0. The first kappa shape index (κ1) is 12.7. The zero-order valence-corrected chi connectivity index (χ0v) is 10.9. The Labute approximate surface area is 115 Å². The first-order valence-electron chi connectivity index (χ1n) is 6.56. The van der Waals surface area contributed by atoms with Gasteiger partial charge in [-0.1, -0.05) is 0 Å². The Kier molecular flexibility index (Phi) is 3.14. The number of likely N-dealkylation sites (tertiary alicyclic amines) is 1. The number of nitrogens with zero attached hydrogens (tertiary/aromatic N) is 2. The fourth-order valence-corrected chi connectivity index (χ4v) is 2.65. The molecular weight excluding hydrogens is 258 g/mol. The highest BCUT2D eigenvalue weighted by Crippen LogP contribution is 2.20. The van der Waals surface area contributed by atoms with Crippen molar-refractivity contribution in [2.75, 3.05) is 13.1 Å². The number of carbonyl (C=O) groups is 2. The fraction of sp³-hybridized carbons (Fsp3) is 0.357. The lowest BCUT2D eigenvalue weighted by molar-refractivity contribution is -0.141. The van der Waals surface area contributed by atoms with Crippen LogP contribution in [-0.4, -0.2) is 44.9 Å². The summed E-state index contributed by atoms with van der Waals surface area (Å²) in [5, 5.41) is 10.0. The summed E-state index contributed by atoms with van der Waals surface area (Å²) in [5.74, 6) is -1.53. The number of hydrogen-bond donors (Lipinski definition) is 2. The number of amides is 1. The molecule has 1 atom stereocenters. The Bertz CT molecular complexity index is 664. The van der Waals surface area contributed by atoms with Crippen LogP contribution in [0.4, 0.5) is 0 Å². The normalized spacial score (nSPS) is 18.9. The van der Waals surface area contributed by atoms with Gasteiger partial charge < -0.3 is 15.0 Å². The first-order valence-corrected chi connectivity index (χ1v) is 6.56. The van der Waals surface area contributed by atoms with Crippen LogP contribution in [0.1, 0.15) is 12.0 Å². The van der Waals surface area contributed by atoms with Crippen molar-refractivity contribution in [2.24, 2.45) is 5.92 Å². The molecule has 6 nitrogen and oxygen atoms in total. The van der Waals surface area contributed by atoms with E-state index in [1.54, 1.807) is 11.1 Å². The predicted octanol–water partition coefficient (Wildman–Crippen LogP) is 1.04. The number of aromatic amines is 1. The molecular formula is C14H15N3O3. The fourth-order valence-electron chi connectivity index (χ4n) is 2.65. The van der Waals surface area contributed by atoms with E-state index < -0.39 is 11.9 Å². The number of aromatic nitrogens is 2. The van der Waals surface area contributed by atoms with Crippen LogP contribution in [-0.2, 0) is 16.0 Å². The molecule has 1 aliphatic rings.